The van der Waals surface area contributed by atoms with Crippen LogP contribution in [0.15, 0.2) is 48.5 Å². The summed E-state index contributed by atoms with van der Waals surface area (Å²) in [5, 5.41) is 11.8. The van der Waals surface area contributed by atoms with Crippen molar-refractivity contribution in [2.24, 2.45) is 0 Å². The Morgan fingerprint density at radius 1 is 1.26 bits per heavy atom. The predicted molar refractivity (Wildman–Crippen MR) is 84.4 cm³/mol. The standard InChI is InChI=1S/C18H17FN2O2/c1-13(23-17-5-3-2-4-15(17)12-20)18(22)21-11-10-14-6-8-16(19)9-7-14/h2-9,13H,10-11H2,1H3,(H,21,22). The van der Waals surface area contributed by atoms with Crippen molar-refractivity contribution in [2.45, 2.75) is 19.4 Å². The number of benzene rings is 2. The summed E-state index contributed by atoms with van der Waals surface area (Å²) >= 11 is 0. The van der Waals surface area contributed by atoms with Gasteiger partial charge in [-0.05, 0) is 43.2 Å². The summed E-state index contributed by atoms with van der Waals surface area (Å²) in [5.41, 5.74) is 1.33. The Labute approximate surface area is 134 Å². The molecule has 1 amide bonds. The fourth-order valence-corrected chi connectivity index (χ4v) is 2.03. The zero-order valence-electron chi connectivity index (χ0n) is 12.8. The maximum Gasteiger partial charge on any atom is 0.260 e. The van der Waals surface area contributed by atoms with Crippen LogP contribution in [0, 0.1) is 17.1 Å². The van der Waals surface area contributed by atoms with Crippen molar-refractivity contribution in [1.29, 1.82) is 5.26 Å². The van der Waals surface area contributed by atoms with Crippen molar-refractivity contribution in [3.8, 4) is 11.8 Å². The van der Waals surface area contributed by atoms with Gasteiger partial charge in [0.05, 0.1) is 5.56 Å². The van der Waals surface area contributed by atoms with E-state index in [0.29, 0.717) is 24.3 Å². The first-order chi connectivity index (χ1) is 11.1. The summed E-state index contributed by atoms with van der Waals surface area (Å²) in [6, 6.07) is 14.9. The quantitative estimate of drug-likeness (QED) is 0.892. The first kappa shape index (κ1) is 16.5. The maximum atomic E-state index is 12.8. The molecule has 0 saturated heterocycles. The van der Waals surface area contributed by atoms with E-state index in [2.05, 4.69) is 5.32 Å². The smallest absolute Gasteiger partial charge is 0.260 e. The lowest BCUT2D eigenvalue weighted by atomic mass is 10.1. The van der Waals surface area contributed by atoms with E-state index in [-0.39, 0.29) is 11.7 Å². The van der Waals surface area contributed by atoms with Crippen molar-refractivity contribution < 1.29 is 13.9 Å². The summed E-state index contributed by atoms with van der Waals surface area (Å²) in [6.07, 6.45) is -0.106. The molecule has 0 aliphatic rings. The molecule has 0 aliphatic carbocycles. The summed E-state index contributed by atoms with van der Waals surface area (Å²) < 4.78 is 18.3. The summed E-state index contributed by atoms with van der Waals surface area (Å²) in [4.78, 5) is 12.0. The lowest BCUT2D eigenvalue weighted by Crippen LogP contribution is -2.37. The van der Waals surface area contributed by atoms with E-state index < -0.39 is 6.10 Å². The van der Waals surface area contributed by atoms with Crippen LogP contribution < -0.4 is 10.1 Å². The number of halogens is 1. The number of rotatable bonds is 6. The number of carbonyl (C=O) groups is 1. The Balaban J connectivity index is 1.83. The van der Waals surface area contributed by atoms with Crippen LogP contribution in [0.3, 0.4) is 0 Å². The Morgan fingerprint density at radius 3 is 2.65 bits per heavy atom. The van der Waals surface area contributed by atoms with Crippen molar-refractivity contribution in [3.05, 3.63) is 65.5 Å². The van der Waals surface area contributed by atoms with Crippen molar-refractivity contribution in [3.63, 3.8) is 0 Å². The molecule has 0 spiro atoms. The molecule has 5 heteroatoms. The van der Waals surface area contributed by atoms with Gasteiger partial charge in [-0.1, -0.05) is 24.3 Å². The molecule has 0 saturated carbocycles. The summed E-state index contributed by atoms with van der Waals surface area (Å²) in [6.45, 7) is 2.06. The highest BCUT2D eigenvalue weighted by Gasteiger charge is 2.15. The molecule has 118 valence electrons. The number of carbonyl (C=O) groups excluding carboxylic acids is 1. The largest absolute Gasteiger partial charge is 0.480 e. The minimum Gasteiger partial charge on any atom is -0.480 e. The molecule has 0 bridgehead atoms. The SMILES string of the molecule is CC(Oc1ccccc1C#N)C(=O)NCCc1ccc(F)cc1. The molecule has 1 unspecified atom stereocenters. The van der Waals surface area contributed by atoms with E-state index in [1.165, 1.54) is 12.1 Å². The summed E-state index contributed by atoms with van der Waals surface area (Å²) in [7, 11) is 0. The van der Waals surface area contributed by atoms with Crippen LogP contribution in [-0.2, 0) is 11.2 Å². The third kappa shape index (κ3) is 4.82. The molecule has 2 aromatic carbocycles. The first-order valence-corrected chi connectivity index (χ1v) is 7.28. The number of nitrogens with one attached hydrogen (secondary N) is 1. The van der Waals surface area contributed by atoms with Crippen LogP contribution in [0.4, 0.5) is 4.39 Å². The topological polar surface area (TPSA) is 62.1 Å². The molecule has 0 aliphatic heterocycles. The van der Waals surface area contributed by atoms with E-state index in [1.807, 2.05) is 6.07 Å². The van der Waals surface area contributed by atoms with Gasteiger partial charge in [-0.25, -0.2) is 4.39 Å². The number of hydrogen-bond acceptors (Lipinski definition) is 3. The minimum absolute atomic E-state index is 0.264. The van der Waals surface area contributed by atoms with Crippen LogP contribution in [0.5, 0.6) is 5.75 Å². The lowest BCUT2D eigenvalue weighted by molar-refractivity contribution is -0.127. The number of para-hydroxylation sites is 1. The van der Waals surface area contributed by atoms with Gasteiger partial charge in [-0.15, -0.1) is 0 Å². The molecular formula is C18H17FN2O2. The molecule has 0 aromatic heterocycles. The number of nitriles is 1. The monoisotopic (exact) mass is 312 g/mol. The van der Waals surface area contributed by atoms with Gasteiger partial charge in [-0.2, -0.15) is 5.26 Å². The Morgan fingerprint density at radius 2 is 1.96 bits per heavy atom. The van der Waals surface area contributed by atoms with Gasteiger partial charge in [-0.3, -0.25) is 4.79 Å². The molecular weight excluding hydrogens is 295 g/mol. The van der Waals surface area contributed by atoms with Crippen LogP contribution in [0.25, 0.3) is 0 Å². The van der Waals surface area contributed by atoms with Gasteiger partial charge in [0.15, 0.2) is 6.10 Å². The maximum absolute atomic E-state index is 12.8. The second-order valence-electron chi connectivity index (χ2n) is 5.04. The number of ether oxygens (including phenoxy) is 1. The molecule has 1 N–H and O–H groups in total. The predicted octanol–water partition coefficient (Wildman–Crippen LogP) is 2.82. The molecule has 0 radical (unpaired) electrons. The molecule has 23 heavy (non-hydrogen) atoms. The lowest BCUT2D eigenvalue weighted by Gasteiger charge is -2.15. The van der Waals surface area contributed by atoms with E-state index in [9.17, 15) is 9.18 Å². The average molecular weight is 312 g/mol. The van der Waals surface area contributed by atoms with Crippen molar-refractivity contribution in [1.82, 2.24) is 5.32 Å². The van der Waals surface area contributed by atoms with Crippen molar-refractivity contribution >= 4 is 5.91 Å². The molecule has 2 rings (SSSR count). The Hall–Kier alpha value is -2.87. The van der Waals surface area contributed by atoms with Crippen LogP contribution >= 0.6 is 0 Å². The molecule has 1 atom stereocenters. The van der Waals surface area contributed by atoms with E-state index in [0.717, 1.165) is 5.56 Å². The van der Waals surface area contributed by atoms with Gasteiger partial charge in [0.2, 0.25) is 0 Å². The van der Waals surface area contributed by atoms with Gasteiger partial charge in [0.1, 0.15) is 17.6 Å². The van der Waals surface area contributed by atoms with Gasteiger partial charge in [0.25, 0.3) is 5.91 Å². The number of hydrogen-bond donors (Lipinski definition) is 1. The second-order valence-corrected chi connectivity index (χ2v) is 5.04. The average Bonchev–Trinajstić information content (AvgIpc) is 2.57. The van der Waals surface area contributed by atoms with Gasteiger partial charge < -0.3 is 10.1 Å². The van der Waals surface area contributed by atoms with Gasteiger partial charge >= 0.3 is 0 Å². The van der Waals surface area contributed by atoms with Crippen LogP contribution in [-0.4, -0.2) is 18.6 Å². The number of nitrogens with zero attached hydrogens (tertiary/aromatic N) is 1. The van der Waals surface area contributed by atoms with Crippen molar-refractivity contribution in [2.75, 3.05) is 6.54 Å². The third-order valence-electron chi connectivity index (χ3n) is 3.31. The molecule has 0 heterocycles. The second kappa shape index (κ2) is 7.95. The van der Waals surface area contributed by atoms with E-state index in [1.54, 1.807) is 43.3 Å². The normalized spacial score (nSPS) is 11.3. The summed E-state index contributed by atoms with van der Waals surface area (Å²) in [5.74, 6) is -0.160. The van der Waals surface area contributed by atoms with Crippen LogP contribution in [0.2, 0.25) is 0 Å². The molecule has 2 aromatic rings. The Bertz CT molecular complexity index is 708. The highest BCUT2D eigenvalue weighted by Crippen LogP contribution is 2.18. The third-order valence-corrected chi connectivity index (χ3v) is 3.31. The Kier molecular flexibility index (Phi) is 5.70. The fraction of sp³-hybridized carbons (Fsp3) is 0.222. The van der Waals surface area contributed by atoms with E-state index >= 15 is 0 Å². The zero-order valence-corrected chi connectivity index (χ0v) is 12.8. The minimum atomic E-state index is -0.710. The molecule has 4 nitrogen and oxygen atoms in total. The molecule has 0 fully saturated rings. The zero-order chi connectivity index (χ0) is 16.7. The highest BCUT2D eigenvalue weighted by molar-refractivity contribution is 5.80. The van der Waals surface area contributed by atoms with E-state index in [4.69, 9.17) is 10.00 Å². The highest BCUT2D eigenvalue weighted by atomic mass is 19.1. The van der Waals surface area contributed by atoms with Gasteiger partial charge in [0, 0.05) is 6.54 Å². The van der Waals surface area contributed by atoms with Crippen LogP contribution in [0.1, 0.15) is 18.1 Å². The fourth-order valence-electron chi connectivity index (χ4n) is 2.03. The first-order valence-electron chi connectivity index (χ1n) is 7.28. The number of amides is 1.